The molecule has 0 fully saturated rings. The molecule has 0 saturated heterocycles. The van der Waals surface area contributed by atoms with Crippen molar-refractivity contribution < 1.29 is 34.6 Å². The molecule has 4 N–H and O–H groups in total. The first-order chi connectivity index (χ1) is 17.5. The van der Waals surface area contributed by atoms with E-state index in [1.54, 1.807) is 19.1 Å². The van der Waals surface area contributed by atoms with Gasteiger partial charge in [-0.1, -0.05) is 18.2 Å². The topological polar surface area (TPSA) is 185 Å². The van der Waals surface area contributed by atoms with E-state index in [1.165, 1.54) is 47.3 Å². The Labute approximate surface area is 209 Å². The number of aromatic nitrogens is 2. The third kappa shape index (κ3) is 6.76. The second-order valence-electron chi connectivity index (χ2n) is 7.60. The Morgan fingerprint density at radius 1 is 0.865 bits per heavy atom. The molecule has 37 heavy (non-hydrogen) atoms. The first kappa shape index (κ1) is 26.1. The first-order valence-electron chi connectivity index (χ1n) is 10.5. The number of hydrogen-bond donors (Lipinski definition) is 4. The smallest absolute Gasteiger partial charge is 0.341 e. The van der Waals surface area contributed by atoms with Crippen molar-refractivity contribution in [3.8, 4) is 5.69 Å². The van der Waals surface area contributed by atoms with Crippen LogP contribution >= 0.6 is 0 Å². The lowest BCUT2D eigenvalue weighted by molar-refractivity contribution is -0.384. The molecule has 188 valence electrons. The molecule has 0 aliphatic heterocycles. The van der Waals surface area contributed by atoms with Crippen LogP contribution in [0.3, 0.4) is 0 Å². The Morgan fingerprint density at radius 3 is 1.92 bits per heavy atom. The predicted molar refractivity (Wildman–Crippen MR) is 132 cm³/mol. The van der Waals surface area contributed by atoms with Crippen molar-refractivity contribution in [2.75, 3.05) is 5.32 Å². The number of aromatic carboxylic acids is 3. The van der Waals surface area contributed by atoms with Crippen LogP contribution < -0.4 is 5.32 Å². The highest BCUT2D eigenvalue weighted by Crippen LogP contribution is 2.22. The van der Waals surface area contributed by atoms with E-state index in [1.807, 2.05) is 18.2 Å². The number of anilines is 2. The normalized spacial score (nSPS) is 10.1. The third-order valence-corrected chi connectivity index (χ3v) is 4.88. The van der Waals surface area contributed by atoms with Gasteiger partial charge in [-0.25, -0.2) is 19.1 Å². The summed E-state index contributed by atoms with van der Waals surface area (Å²) in [5.74, 6) is -3.17. The van der Waals surface area contributed by atoms with Crippen LogP contribution in [0.1, 0.15) is 36.6 Å². The summed E-state index contributed by atoms with van der Waals surface area (Å²) >= 11 is 0. The second kappa shape index (κ2) is 11.3. The molecule has 0 bridgehead atoms. The van der Waals surface area contributed by atoms with E-state index in [0.717, 1.165) is 6.07 Å². The number of benzene rings is 3. The van der Waals surface area contributed by atoms with E-state index in [0.29, 0.717) is 16.9 Å². The minimum absolute atomic E-state index is 0.00241. The van der Waals surface area contributed by atoms with Crippen molar-refractivity contribution in [3.63, 3.8) is 0 Å². The molecule has 0 aliphatic carbocycles. The summed E-state index contributed by atoms with van der Waals surface area (Å²) in [6.45, 7) is 1.65. The van der Waals surface area contributed by atoms with Crippen LogP contribution in [0.15, 0.2) is 79.0 Å². The number of hydrogen-bond acceptors (Lipinski definition) is 7. The van der Waals surface area contributed by atoms with Crippen molar-refractivity contribution in [2.45, 2.75) is 6.92 Å². The molecule has 4 aromatic rings. The Hall–Kier alpha value is -5.52. The fraction of sp³-hybridized carbons (Fsp3) is 0.0400. The summed E-state index contributed by atoms with van der Waals surface area (Å²) in [6.07, 6.45) is 1.36. The van der Waals surface area contributed by atoms with E-state index in [9.17, 15) is 29.6 Å². The van der Waals surface area contributed by atoms with Gasteiger partial charge in [-0.15, -0.1) is 5.10 Å². The predicted octanol–water partition coefficient (Wildman–Crippen LogP) is 4.61. The number of nitro benzene ring substituents is 1. The maximum absolute atomic E-state index is 11.4. The van der Waals surface area contributed by atoms with Gasteiger partial charge in [-0.3, -0.25) is 10.1 Å². The number of carboxylic acids is 3. The Balaban J connectivity index is 0.000000248. The number of nitro groups is 1. The molecule has 0 spiro atoms. The molecule has 0 unspecified atom stereocenters. The number of carbonyl (C=O) groups is 3. The van der Waals surface area contributed by atoms with Crippen molar-refractivity contribution in [3.05, 3.63) is 111 Å². The van der Waals surface area contributed by atoms with Gasteiger partial charge in [0.1, 0.15) is 5.56 Å². The van der Waals surface area contributed by atoms with Gasteiger partial charge < -0.3 is 20.6 Å². The van der Waals surface area contributed by atoms with Gasteiger partial charge in [-0.05, 0) is 55.0 Å². The van der Waals surface area contributed by atoms with E-state index >= 15 is 0 Å². The molecule has 0 aliphatic rings. The highest BCUT2D eigenvalue weighted by atomic mass is 16.6. The van der Waals surface area contributed by atoms with Gasteiger partial charge in [-0.2, -0.15) is 0 Å². The maximum Gasteiger partial charge on any atom is 0.341 e. The molecular weight excluding hydrogens is 484 g/mol. The van der Waals surface area contributed by atoms with E-state index in [2.05, 4.69) is 10.4 Å². The lowest BCUT2D eigenvalue weighted by atomic mass is 10.1. The summed E-state index contributed by atoms with van der Waals surface area (Å²) in [5, 5.41) is 44.5. The molecule has 4 rings (SSSR count). The zero-order valence-electron chi connectivity index (χ0n) is 19.2. The van der Waals surface area contributed by atoms with Crippen LogP contribution in [-0.2, 0) is 0 Å². The average Bonchev–Trinajstić information content (AvgIpc) is 3.29. The Morgan fingerprint density at radius 2 is 1.43 bits per heavy atom. The zero-order chi connectivity index (χ0) is 27.1. The molecule has 1 aromatic heterocycles. The summed E-state index contributed by atoms with van der Waals surface area (Å²) in [7, 11) is 0. The minimum atomic E-state index is -1.12. The van der Waals surface area contributed by atoms with Gasteiger partial charge in [0.25, 0.3) is 5.69 Å². The molecule has 12 heteroatoms. The molecule has 0 amide bonds. The number of non-ortho nitro benzene ring substituents is 1. The van der Waals surface area contributed by atoms with Crippen LogP contribution in [0, 0.1) is 17.0 Å². The fourth-order valence-corrected chi connectivity index (χ4v) is 3.17. The number of nitrogens with zero attached hydrogens (tertiary/aromatic N) is 3. The van der Waals surface area contributed by atoms with Gasteiger partial charge in [0.2, 0.25) is 0 Å². The number of nitrogens with one attached hydrogen (secondary N) is 1. The van der Waals surface area contributed by atoms with Gasteiger partial charge in [0, 0.05) is 24.0 Å². The molecule has 3 aromatic carbocycles. The number of para-hydroxylation sites is 1. The van der Waals surface area contributed by atoms with Crippen molar-refractivity contribution in [1.29, 1.82) is 0 Å². The summed E-state index contributed by atoms with van der Waals surface area (Å²) in [4.78, 5) is 42.7. The fourth-order valence-electron chi connectivity index (χ4n) is 3.17. The monoisotopic (exact) mass is 504 g/mol. The van der Waals surface area contributed by atoms with Gasteiger partial charge in [0.05, 0.1) is 21.7 Å². The number of carboxylic acid groups (broad SMARTS) is 3. The molecule has 0 atom stereocenters. The number of rotatable bonds is 7. The standard InChI is InChI=1S/C16H12N4O4.C9H8O4/c21-16(22)14-10-19(12-6-8-13(9-7-12)20(23)24)18-15(14)17-11-4-2-1-3-5-11;1-5-2-6(8(10)11)4-7(3-5)9(12)13/h1-10H,(H,17,18)(H,21,22);2-4H,1H3,(H,10,11)(H,12,13). The second-order valence-corrected chi connectivity index (χ2v) is 7.60. The van der Waals surface area contributed by atoms with E-state index < -0.39 is 22.8 Å². The summed E-state index contributed by atoms with van der Waals surface area (Å²) in [5.41, 5.74) is 1.79. The maximum atomic E-state index is 11.4. The lowest BCUT2D eigenvalue weighted by Crippen LogP contribution is -2.02. The van der Waals surface area contributed by atoms with Crippen molar-refractivity contribution in [2.24, 2.45) is 0 Å². The zero-order valence-corrected chi connectivity index (χ0v) is 19.2. The Bertz CT molecular complexity index is 1430. The number of aryl methyl sites for hydroxylation is 1. The van der Waals surface area contributed by atoms with Crippen LogP contribution in [0.2, 0.25) is 0 Å². The minimum Gasteiger partial charge on any atom is -0.478 e. The molecular formula is C25H20N4O8. The van der Waals surface area contributed by atoms with E-state index in [4.69, 9.17) is 10.2 Å². The summed E-state index contributed by atoms with van der Waals surface area (Å²) in [6, 6.07) is 18.7. The van der Waals surface area contributed by atoms with Crippen LogP contribution in [0.25, 0.3) is 5.69 Å². The highest BCUT2D eigenvalue weighted by Gasteiger charge is 2.17. The molecule has 0 saturated carbocycles. The van der Waals surface area contributed by atoms with Gasteiger partial charge >= 0.3 is 17.9 Å². The molecule has 1 heterocycles. The van der Waals surface area contributed by atoms with E-state index in [-0.39, 0.29) is 28.2 Å². The molecule has 0 radical (unpaired) electrons. The van der Waals surface area contributed by atoms with Gasteiger partial charge in [0.15, 0.2) is 5.82 Å². The highest BCUT2D eigenvalue weighted by molar-refractivity contribution is 5.94. The van der Waals surface area contributed by atoms with Crippen molar-refractivity contribution in [1.82, 2.24) is 9.78 Å². The molecule has 12 nitrogen and oxygen atoms in total. The lowest BCUT2D eigenvalue weighted by Gasteiger charge is -2.03. The van der Waals surface area contributed by atoms with Crippen LogP contribution in [-0.4, -0.2) is 47.9 Å². The Kier molecular flexibility index (Phi) is 7.95. The quantitative estimate of drug-likeness (QED) is 0.204. The summed E-state index contributed by atoms with van der Waals surface area (Å²) < 4.78 is 1.36. The van der Waals surface area contributed by atoms with Crippen LogP contribution in [0.4, 0.5) is 17.2 Å². The average molecular weight is 504 g/mol. The third-order valence-electron chi connectivity index (χ3n) is 4.88. The SMILES string of the molecule is Cc1cc(C(=O)O)cc(C(=O)O)c1.O=C(O)c1cn(-c2ccc([N+](=O)[O-])cc2)nc1Nc1ccccc1. The largest absolute Gasteiger partial charge is 0.478 e. The first-order valence-corrected chi connectivity index (χ1v) is 10.5. The van der Waals surface area contributed by atoms with Crippen LogP contribution in [0.5, 0.6) is 0 Å². The van der Waals surface area contributed by atoms with Crippen molar-refractivity contribution >= 4 is 35.1 Å².